The van der Waals surface area contributed by atoms with Crippen molar-refractivity contribution in [1.29, 1.82) is 0 Å². The van der Waals surface area contributed by atoms with E-state index in [0.717, 1.165) is 46.1 Å². The highest BCUT2D eigenvalue weighted by atomic mass is 32.1. The van der Waals surface area contributed by atoms with Crippen molar-refractivity contribution in [3.05, 3.63) is 40.8 Å². The molecule has 4 rings (SSSR count). The Morgan fingerprint density at radius 3 is 3.14 bits per heavy atom. The summed E-state index contributed by atoms with van der Waals surface area (Å²) in [5, 5.41) is 2.98. The molecule has 4 nitrogen and oxygen atoms in total. The van der Waals surface area contributed by atoms with Gasteiger partial charge in [-0.15, -0.1) is 11.3 Å². The molecule has 1 N–H and O–H groups in total. The maximum Gasteiger partial charge on any atom is 0.261 e. The van der Waals surface area contributed by atoms with Crippen molar-refractivity contribution in [3.8, 4) is 16.2 Å². The lowest BCUT2D eigenvalue weighted by Crippen LogP contribution is -2.31. The van der Waals surface area contributed by atoms with Crippen molar-refractivity contribution in [2.24, 2.45) is 0 Å². The van der Waals surface area contributed by atoms with Crippen LogP contribution in [0.25, 0.3) is 10.4 Å². The van der Waals surface area contributed by atoms with Gasteiger partial charge in [0.25, 0.3) is 5.91 Å². The van der Waals surface area contributed by atoms with E-state index < -0.39 is 0 Å². The zero-order chi connectivity index (χ0) is 14.9. The SMILES string of the molecule is O=C(NC[C@H]1CCCO1)c1cc2c(s1)-c1ccccc1OC2. The third-order valence-corrected chi connectivity index (χ3v) is 5.27. The van der Waals surface area contributed by atoms with Crippen LogP contribution in [0.4, 0.5) is 0 Å². The smallest absolute Gasteiger partial charge is 0.261 e. The van der Waals surface area contributed by atoms with Crippen molar-refractivity contribution in [1.82, 2.24) is 5.32 Å². The molecule has 2 aliphatic rings. The lowest BCUT2D eigenvalue weighted by molar-refractivity contribution is 0.0861. The van der Waals surface area contributed by atoms with Crippen LogP contribution in [0.2, 0.25) is 0 Å². The average molecular weight is 315 g/mol. The minimum atomic E-state index is -0.0209. The molecule has 1 aromatic carbocycles. The van der Waals surface area contributed by atoms with Gasteiger partial charge in [-0.2, -0.15) is 0 Å². The molecule has 2 aliphatic heterocycles. The monoisotopic (exact) mass is 315 g/mol. The predicted octanol–water partition coefficient (Wildman–Crippen LogP) is 3.22. The van der Waals surface area contributed by atoms with Crippen LogP contribution in [-0.4, -0.2) is 25.2 Å². The Morgan fingerprint density at radius 2 is 2.27 bits per heavy atom. The number of nitrogens with one attached hydrogen (secondary N) is 1. The molecule has 1 saturated heterocycles. The second-order valence-electron chi connectivity index (χ2n) is 5.59. The summed E-state index contributed by atoms with van der Waals surface area (Å²) in [6.45, 7) is 1.93. The van der Waals surface area contributed by atoms with Crippen LogP contribution in [0, 0.1) is 0 Å². The number of fused-ring (bicyclic) bond motifs is 3. The number of benzene rings is 1. The van der Waals surface area contributed by atoms with Crippen molar-refractivity contribution in [3.63, 3.8) is 0 Å². The Bertz CT molecular complexity index is 704. The highest BCUT2D eigenvalue weighted by molar-refractivity contribution is 7.17. The number of carbonyl (C=O) groups excluding carboxylic acids is 1. The summed E-state index contributed by atoms with van der Waals surface area (Å²) < 4.78 is 11.3. The van der Waals surface area contributed by atoms with E-state index in [1.807, 2.05) is 30.3 Å². The van der Waals surface area contributed by atoms with Gasteiger partial charge in [-0.25, -0.2) is 0 Å². The number of rotatable bonds is 3. The van der Waals surface area contributed by atoms with E-state index in [1.54, 1.807) is 0 Å². The summed E-state index contributed by atoms with van der Waals surface area (Å²) in [4.78, 5) is 14.2. The number of para-hydroxylation sites is 1. The summed E-state index contributed by atoms with van der Waals surface area (Å²) in [5.41, 5.74) is 2.16. The molecular formula is C17H17NO3S. The molecule has 0 radical (unpaired) electrons. The minimum Gasteiger partial charge on any atom is -0.488 e. The van der Waals surface area contributed by atoms with Crippen LogP contribution in [0.5, 0.6) is 5.75 Å². The third-order valence-electron chi connectivity index (χ3n) is 4.06. The molecule has 0 spiro atoms. The predicted molar refractivity (Wildman–Crippen MR) is 85.4 cm³/mol. The first-order valence-corrected chi connectivity index (χ1v) is 8.37. The first-order valence-electron chi connectivity index (χ1n) is 7.56. The highest BCUT2D eigenvalue weighted by Gasteiger charge is 2.23. The Hall–Kier alpha value is -1.85. The van der Waals surface area contributed by atoms with Crippen molar-refractivity contribution >= 4 is 17.2 Å². The van der Waals surface area contributed by atoms with Crippen molar-refractivity contribution in [2.75, 3.05) is 13.2 Å². The molecule has 3 heterocycles. The third kappa shape index (κ3) is 2.51. The maximum atomic E-state index is 12.3. The van der Waals surface area contributed by atoms with Crippen LogP contribution in [-0.2, 0) is 11.3 Å². The van der Waals surface area contributed by atoms with Gasteiger partial charge in [0.2, 0.25) is 0 Å². The van der Waals surface area contributed by atoms with Crippen LogP contribution >= 0.6 is 11.3 Å². The van der Waals surface area contributed by atoms with Gasteiger partial charge < -0.3 is 14.8 Å². The molecule has 5 heteroatoms. The fraction of sp³-hybridized carbons (Fsp3) is 0.353. The van der Waals surface area contributed by atoms with Crippen LogP contribution in [0.15, 0.2) is 30.3 Å². The van der Waals surface area contributed by atoms with Gasteiger partial charge >= 0.3 is 0 Å². The fourth-order valence-corrected chi connectivity index (χ4v) is 4.02. The molecule has 114 valence electrons. The quantitative estimate of drug-likeness (QED) is 0.946. The zero-order valence-electron chi connectivity index (χ0n) is 12.1. The molecule has 1 aromatic heterocycles. The van der Waals surface area contributed by atoms with E-state index in [9.17, 15) is 4.79 Å². The molecule has 2 aromatic rings. The highest BCUT2D eigenvalue weighted by Crippen LogP contribution is 2.42. The molecule has 1 amide bonds. The van der Waals surface area contributed by atoms with Gasteiger partial charge in [-0.3, -0.25) is 4.79 Å². The second-order valence-corrected chi connectivity index (χ2v) is 6.65. The number of ether oxygens (including phenoxy) is 2. The molecule has 0 unspecified atom stereocenters. The van der Waals surface area contributed by atoms with Crippen LogP contribution in [0.3, 0.4) is 0 Å². The molecular weight excluding hydrogens is 298 g/mol. The fourth-order valence-electron chi connectivity index (χ4n) is 2.91. The van der Waals surface area contributed by atoms with E-state index in [4.69, 9.17) is 9.47 Å². The average Bonchev–Trinajstić information content (AvgIpc) is 3.21. The van der Waals surface area contributed by atoms with Crippen LogP contribution in [0.1, 0.15) is 28.1 Å². The van der Waals surface area contributed by atoms with E-state index >= 15 is 0 Å². The number of carbonyl (C=O) groups is 1. The Balaban J connectivity index is 1.52. The zero-order valence-corrected chi connectivity index (χ0v) is 12.9. The number of hydrogen-bond acceptors (Lipinski definition) is 4. The Morgan fingerprint density at radius 1 is 1.36 bits per heavy atom. The summed E-state index contributed by atoms with van der Waals surface area (Å²) in [6.07, 6.45) is 2.28. The van der Waals surface area contributed by atoms with E-state index in [2.05, 4.69) is 5.32 Å². The summed E-state index contributed by atoms with van der Waals surface area (Å²) >= 11 is 1.54. The van der Waals surface area contributed by atoms with Gasteiger partial charge in [0.1, 0.15) is 12.4 Å². The van der Waals surface area contributed by atoms with Gasteiger partial charge in [-0.1, -0.05) is 12.1 Å². The molecule has 22 heavy (non-hydrogen) atoms. The molecule has 1 fully saturated rings. The van der Waals surface area contributed by atoms with Crippen LogP contribution < -0.4 is 10.1 Å². The lowest BCUT2D eigenvalue weighted by atomic mass is 10.1. The molecule has 0 saturated carbocycles. The summed E-state index contributed by atoms with van der Waals surface area (Å²) in [6, 6.07) is 9.91. The second kappa shape index (κ2) is 5.74. The van der Waals surface area contributed by atoms with Gasteiger partial charge in [0.05, 0.1) is 11.0 Å². The van der Waals surface area contributed by atoms with Crippen molar-refractivity contribution in [2.45, 2.75) is 25.6 Å². The minimum absolute atomic E-state index is 0.0209. The Kier molecular flexibility index (Phi) is 3.60. The standard InChI is InChI=1S/C17H17NO3S/c19-17(18-9-12-4-3-7-20-12)15-8-11-10-21-14-6-2-1-5-13(14)16(11)22-15/h1-2,5-6,8,12H,3-4,7,9-10H2,(H,18,19)/t12-/m1/s1. The maximum absolute atomic E-state index is 12.3. The Labute approximate surface area is 133 Å². The largest absolute Gasteiger partial charge is 0.488 e. The lowest BCUT2D eigenvalue weighted by Gasteiger charge is -2.16. The first-order chi connectivity index (χ1) is 10.8. The van der Waals surface area contributed by atoms with Gasteiger partial charge in [0.15, 0.2) is 0 Å². The number of thiophene rings is 1. The van der Waals surface area contributed by atoms with E-state index in [1.165, 1.54) is 11.3 Å². The first kappa shape index (κ1) is 13.8. The van der Waals surface area contributed by atoms with Crippen molar-refractivity contribution < 1.29 is 14.3 Å². The summed E-state index contributed by atoms with van der Waals surface area (Å²) in [5.74, 6) is 0.871. The molecule has 1 atom stereocenters. The van der Waals surface area contributed by atoms with E-state index in [0.29, 0.717) is 13.2 Å². The van der Waals surface area contributed by atoms with E-state index in [-0.39, 0.29) is 12.0 Å². The topological polar surface area (TPSA) is 47.6 Å². The number of hydrogen-bond donors (Lipinski definition) is 1. The molecule has 0 aliphatic carbocycles. The normalized spacial score (nSPS) is 19.2. The van der Waals surface area contributed by atoms with Gasteiger partial charge in [0, 0.05) is 29.2 Å². The summed E-state index contributed by atoms with van der Waals surface area (Å²) in [7, 11) is 0. The number of amides is 1. The molecule has 0 bridgehead atoms. The van der Waals surface area contributed by atoms with Gasteiger partial charge in [-0.05, 0) is 31.0 Å².